The van der Waals surface area contributed by atoms with Crippen molar-refractivity contribution in [3.05, 3.63) is 65.2 Å². The van der Waals surface area contributed by atoms with Crippen LogP contribution in [-0.4, -0.2) is 35.4 Å². The first-order valence-electron chi connectivity index (χ1n) is 12.6. The van der Waals surface area contributed by atoms with Crippen LogP contribution >= 0.6 is 0 Å². The topological polar surface area (TPSA) is 58.6 Å². The molecule has 2 fully saturated rings. The van der Waals surface area contributed by atoms with E-state index in [1.54, 1.807) is 0 Å². The van der Waals surface area contributed by atoms with Crippen LogP contribution < -0.4 is 10.1 Å². The van der Waals surface area contributed by atoms with E-state index >= 15 is 0 Å². The molecule has 0 spiro atoms. The van der Waals surface area contributed by atoms with Gasteiger partial charge in [-0.25, -0.2) is 0 Å². The van der Waals surface area contributed by atoms with Crippen molar-refractivity contribution in [3.8, 4) is 5.75 Å². The quantitative estimate of drug-likeness (QED) is 0.665. The summed E-state index contributed by atoms with van der Waals surface area (Å²) in [5.41, 5.74) is 3.50. The van der Waals surface area contributed by atoms with Gasteiger partial charge in [0.05, 0.1) is 6.04 Å². The Balaban J connectivity index is 1.45. The number of carbonyl (C=O) groups is 2. The maximum Gasteiger partial charge on any atom is 0.261 e. The third-order valence-electron chi connectivity index (χ3n) is 7.31. The lowest BCUT2D eigenvalue weighted by Crippen LogP contribution is -2.43. The van der Waals surface area contributed by atoms with Crippen molar-refractivity contribution in [2.24, 2.45) is 5.92 Å². The summed E-state index contributed by atoms with van der Waals surface area (Å²) in [4.78, 5) is 28.2. The summed E-state index contributed by atoms with van der Waals surface area (Å²) >= 11 is 0. The number of ether oxygens (including phenoxy) is 1. The fourth-order valence-corrected chi connectivity index (χ4v) is 5.31. The molecule has 3 aliphatic rings. The minimum Gasteiger partial charge on any atom is -0.481 e. The lowest BCUT2D eigenvalue weighted by Gasteiger charge is -2.39. The number of hydrogen-bond acceptors (Lipinski definition) is 3. The van der Waals surface area contributed by atoms with E-state index in [2.05, 4.69) is 34.5 Å². The number of carbonyl (C=O) groups excluding carboxylic acids is 2. The van der Waals surface area contributed by atoms with Crippen molar-refractivity contribution < 1.29 is 14.3 Å². The van der Waals surface area contributed by atoms with Gasteiger partial charge in [0.15, 0.2) is 6.10 Å². The van der Waals surface area contributed by atoms with E-state index in [0.717, 1.165) is 62.6 Å². The molecule has 0 saturated heterocycles. The van der Waals surface area contributed by atoms with Crippen LogP contribution in [0.15, 0.2) is 48.5 Å². The van der Waals surface area contributed by atoms with E-state index in [4.69, 9.17) is 4.74 Å². The van der Waals surface area contributed by atoms with E-state index in [1.165, 1.54) is 5.56 Å². The fourth-order valence-electron chi connectivity index (χ4n) is 5.31. The Kier molecular flexibility index (Phi) is 6.39. The lowest BCUT2D eigenvalue weighted by molar-refractivity contribution is -0.137. The molecule has 1 aliphatic heterocycles. The largest absolute Gasteiger partial charge is 0.481 e. The Labute approximate surface area is 196 Å². The molecule has 5 heteroatoms. The average Bonchev–Trinajstić information content (AvgIpc) is 3.49. The molecule has 0 radical (unpaired) electrons. The molecule has 1 N–H and O–H groups in total. The van der Waals surface area contributed by atoms with Gasteiger partial charge in [-0.2, -0.15) is 0 Å². The Morgan fingerprint density at radius 1 is 1.06 bits per heavy atom. The van der Waals surface area contributed by atoms with E-state index in [9.17, 15) is 9.59 Å². The van der Waals surface area contributed by atoms with Gasteiger partial charge >= 0.3 is 0 Å². The van der Waals surface area contributed by atoms with Crippen LogP contribution in [0.1, 0.15) is 74.6 Å². The third-order valence-corrected chi connectivity index (χ3v) is 7.31. The van der Waals surface area contributed by atoms with Crippen LogP contribution in [0, 0.1) is 5.92 Å². The molecule has 0 bridgehead atoms. The first kappa shape index (κ1) is 22.0. The van der Waals surface area contributed by atoms with Crippen molar-refractivity contribution in [1.82, 2.24) is 10.2 Å². The van der Waals surface area contributed by atoms with Gasteiger partial charge in [-0.05, 0) is 67.3 Å². The SMILES string of the molecule is CC[C@@H](Oc1ccc2c(c1)[C@@H](c1ccccc1)N(C(=O)C1CCCC1)CC2)C(=O)NC1CC1. The summed E-state index contributed by atoms with van der Waals surface area (Å²) in [6.45, 7) is 2.72. The smallest absolute Gasteiger partial charge is 0.261 e. The molecule has 33 heavy (non-hydrogen) atoms. The summed E-state index contributed by atoms with van der Waals surface area (Å²) in [7, 11) is 0. The van der Waals surface area contributed by atoms with E-state index < -0.39 is 6.10 Å². The van der Waals surface area contributed by atoms with Gasteiger partial charge in [0, 0.05) is 18.5 Å². The number of nitrogens with zero attached hydrogens (tertiary/aromatic N) is 1. The first-order valence-corrected chi connectivity index (χ1v) is 12.6. The Hall–Kier alpha value is -2.82. The monoisotopic (exact) mass is 446 g/mol. The number of fused-ring (bicyclic) bond motifs is 1. The van der Waals surface area contributed by atoms with Gasteiger partial charge in [-0.3, -0.25) is 9.59 Å². The Morgan fingerprint density at radius 3 is 2.52 bits per heavy atom. The van der Waals surface area contributed by atoms with Crippen LogP contribution in [0.25, 0.3) is 0 Å². The zero-order valence-corrected chi connectivity index (χ0v) is 19.5. The normalized spacial score (nSPS) is 21.4. The summed E-state index contributed by atoms with van der Waals surface area (Å²) in [6, 6.07) is 16.7. The average molecular weight is 447 g/mol. The van der Waals surface area contributed by atoms with Gasteiger partial charge in [-0.15, -0.1) is 0 Å². The van der Waals surface area contributed by atoms with Crippen molar-refractivity contribution >= 4 is 11.8 Å². The molecular weight excluding hydrogens is 412 g/mol. The fraction of sp³-hybridized carbons (Fsp3) is 0.500. The maximum absolute atomic E-state index is 13.5. The van der Waals surface area contributed by atoms with Crippen molar-refractivity contribution in [2.45, 2.75) is 76.5 Å². The van der Waals surface area contributed by atoms with Crippen LogP contribution in [0.3, 0.4) is 0 Å². The highest BCUT2D eigenvalue weighted by molar-refractivity contribution is 5.82. The zero-order chi connectivity index (χ0) is 22.8. The minimum absolute atomic E-state index is 0.0321. The van der Waals surface area contributed by atoms with E-state index in [-0.39, 0.29) is 23.8 Å². The van der Waals surface area contributed by atoms with Crippen LogP contribution in [0.5, 0.6) is 5.75 Å². The molecule has 0 unspecified atom stereocenters. The summed E-state index contributed by atoms with van der Waals surface area (Å²) in [6.07, 6.45) is 7.38. The van der Waals surface area contributed by atoms with Crippen molar-refractivity contribution in [1.29, 1.82) is 0 Å². The second kappa shape index (κ2) is 9.58. The summed E-state index contributed by atoms with van der Waals surface area (Å²) < 4.78 is 6.18. The van der Waals surface area contributed by atoms with Gasteiger partial charge < -0.3 is 15.0 Å². The van der Waals surface area contributed by atoms with Gasteiger partial charge in [0.25, 0.3) is 5.91 Å². The van der Waals surface area contributed by atoms with Crippen molar-refractivity contribution in [2.75, 3.05) is 6.54 Å². The van der Waals surface area contributed by atoms with Gasteiger partial charge in [0.2, 0.25) is 5.91 Å². The summed E-state index contributed by atoms with van der Waals surface area (Å²) in [5, 5.41) is 3.06. The number of rotatable bonds is 7. The second-order valence-corrected chi connectivity index (χ2v) is 9.73. The third kappa shape index (κ3) is 4.78. The van der Waals surface area contributed by atoms with E-state index in [1.807, 2.05) is 31.2 Å². The predicted octanol–water partition coefficient (Wildman–Crippen LogP) is 4.79. The number of amides is 2. The number of benzene rings is 2. The molecule has 2 aliphatic carbocycles. The molecule has 2 saturated carbocycles. The summed E-state index contributed by atoms with van der Waals surface area (Å²) in [5.74, 6) is 1.10. The molecule has 0 aromatic heterocycles. The van der Waals surface area contributed by atoms with Gasteiger partial charge in [-0.1, -0.05) is 56.2 Å². The molecule has 174 valence electrons. The molecule has 2 aromatic carbocycles. The number of nitrogens with one attached hydrogen (secondary N) is 1. The first-order chi connectivity index (χ1) is 16.1. The Bertz CT molecular complexity index is 995. The van der Waals surface area contributed by atoms with E-state index in [0.29, 0.717) is 18.2 Å². The molecule has 5 nitrogen and oxygen atoms in total. The standard InChI is InChI=1S/C28H34N2O3/c1-2-25(27(31)29-22-13-14-22)33-23-15-12-19-16-17-30(28(32)21-10-6-7-11-21)26(24(19)18-23)20-8-4-3-5-9-20/h3-5,8-9,12,15,18,21-22,25-26H,2,6-7,10-11,13-14,16-17H2,1H3,(H,29,31)/t25-,26-/m1/s1. The lowest BCUT2D eigenvalue weighted by atomic mass is 9.87. The zero-order valence-electron chi connectivity index (χ0n) is 19.5. The Morgan fingerprint density at radius 2 is 1.82 bits per heavy atom. The number of hydrogen-bond donors (Lipinski definition) is 1. The van der Waals surface area contributed by atoms with Crippen LogP contribution in [0.2, 0.25) is 0 Å². The molecule has 1 heterocycles. The highest BCUT2D eigenvalue weighted by atomic mass is 16.5. The highest BCUT2D eigenvalue weighted by Gasteiger charge is 2.36. The molecular formula is C28H34N2O3. The van der Waals surface area contributed by atoms with Crippen molar-refractivity contribution in [3.63, 3.8) is 0 Å². The molecule has 2 amide bonds. The highest BCUT2D eigenvalue weighted by Crippen LogP contribution is 2.39. The van der Waals surface area contributed by atoms with Gasteiger partial charge in [0.1, 0.15) is 5.75 Å². The van der Waals surface area contributed by atoms with Crippen LogP contribution in [-0.2, 0) is 16.0 Å². The molecule has 2 atom stereocenters. The second-order valence-electron chi connectivity index (χ2n) is 9.73. The molecule has 2 aromatic rings. The predicted molar refractivity (Wildman–Crippen MR) is 128 cm³/mol. The maximum atomic E-state index is 13.5. The van der Waals surface area contributed by atoms with Crippen LogP contribution in [0.4, 0.5) is 0 Å². The minimum atomic E-state index is -0.501. The molecule has 5 rings (SSSR count).